The van der Waals surface area contributed by atoms with Crippen LogP contribution >= 0.6 is 0 Å². The number of fused-ring (bicyclic) bond motifs is 1. The van der Waals surface area contributed by atoms with Gasteiger partial charge in [0.25, 0.3) is 0 Å². The molecule has 5 rings (SSSR count). The number of anilines is 1. The Morgan fingerprint density at radius 2 is 1.87 bits per heavy atom. The van der Waals surface area contributed by atoms with Gasteiger partial charge in [-0.05, 0) is 56.4 Å². The second-order valence-corrected chi connectivity index (χ2v) is 8.70. The number of nitrogens with zero attached hydrogens (tertiary/aromatic N) is 4. The lowest BCUT2D eigenvalue weighted by atomic mass is 9.99. The van der Waals surface area contributed by atoms with Gasteiger partial charge in [-0.15, -0.1) is 0 Å². The van der Waals surface area contributed by atoms with Crippen LogP contribution in [0.5, 0.6) is 0 Å². The van der Waals surface area contributed by atoms with Crippen molar-refractivity contribution in [2.45, 2.75) is 52.1 Å². The molecule has 7 nitrogen and oxygen atoms in total. The van der Waals surface area contributed by atoms with Gasteiger partial charge in [0.1, 0.15) is 17.2 Å². The molecule has 2 fully saturated rings. The molecule has 0 amide bonds. The number of halogens is 1. The number of benzene rings is 1. The van der Waals surface area contributed by atoms with Crippen LogP contribution in [-0.4, -0.2) is 53.5 Å². The second-order valence-electron chi connectivity index (χ2n) is 8.70. The van der Waals surface area contributed by atoms with Crippen molar-refractivity contribution in [3.8, 4) is 11.4 Å². The summed E-state index contributed by atoms with van der Waals surface area (Å²) in [6.45, 7) is 8.96. The van der Waals surface area contributed by atoms with E-state index in [4.69, 9.17) is 14.2 Å². The molecule has 2 aliphatic rings. The van der Waals surface area contributed by atoms with E-state index in [0.717, 1.165) is 73.5 Å². The lowest BCUT2D eigenvalue weighted by Crippen LogP contribution is -2.46. The third-order valence-electron chi connectivity index (χ3n) is 6.37. The van der Waals surface area contributed by atoms with E-state index in [1.807, 2.05) is 19.9 Å². The van der Waals surface area contributed by atoms with Crippen molar-refractivity contribution in [1.82, 2.24) is 20.4 Å². The number of nitrogens with one attached hydrogen (secondary N) is 1. The first-order valence-electron chi connectivity index (χ1n) is 11.0. The standard InChI is InChI=1S/C23H28FN5O2/c1-13-10-18-14(2)20(22-25-15(3)31-28-22)23(27-21(18)19(24)11-13)29-7-4-16(5-8-29)26-17-6-9-30-12-17/h10-11,16-17,26H,4-9,12H2,1-3H3/t17-/m0/s1. The van der Waals surface area contributed by atoms with E-state index >= 15 is 0 Å². The van der Waals surface area contributed by atoms with Crippen LogP contribution in [0.25, 0.3) is 22.3 Å². The first-order chi connectivity index (χ1) is 15.0. The minimum Gasteiger partial charge on any atom is -0.380 e. The molecule has 0 spiro atoms. The molecule has 0 radical (unpaired) electrons. The van der Waals surface area contributed by atoms with Crippen LogP contribution in [-0.2, 0) is 4.74 Å². The Morgan fingerprint density at radius 1 is 1.06 bits per heavy atom. The van der Waals surface area contributed by atoms with Gasteiger partial charge in [-0.25, -0.2) is 9.37 Å². The number of hydrogen-bond acceptors (Lipinski definition) is 7. The molecular weight excluding hydrogens is 397 g/mol. The average Bonchev–Trinajstić information content (AvgIpc) is 3.41. The maximum absolute atomic E-state index is 14.8. The lowest BCUT2D eigenvalue weighted by molar-refractivity contribution is 0.186. The zero-order valence-electron chi connectivity index (χ0n) is 18.2. The van der Waals surface area contributed by atoms with E-state index in [2.05, 4.69) is 20.4 Å². The Labute approximate surface area is 181 Å². The molecule has 3 aromatic rings. The number of pyridine rings is 1. The van der Waals surface area contributed by atoms with Crippen LogP contribution in [0.15, 0.2) is 16.7 Å². The molecule has 164 valence electrons. The van der Waals surface area contributed by atoms with Gasteiger partial charge >= 0.3 is 0 Å². The van der Waals surface area contributed by atoms with E-state index in [-0.39, 0.29) is 5.82 Å². The summed E-state index contributed by atoms with van der Waals surface area (Å²) in [5.41, 5.74) is 3.00. The monoisotopic (exact) mass is 425 g/mol. The fraction of sp³-hybridized carbons (Fsp3) is 0.522. The molecule has 2 saturated heterocycles. The van der Waals surface area contributed by atoms with Crippen molar-refractivity contribution in [2.75, 3.05) is 31.2 Å². The van der Waals surface area contributed by atoms with Crippen molar-refractivity contribution in [3.63, 3.8) is 0 Å². The van der Waals surface area contributed by atoms with Gasteiger partial charge in [-0.2, -0.15) is 4.98 Å². The number of piperidine rings is 1. The summed E-state index contributed by atoms with van der Waals surface area (Å²) in [6, 6.07) is 4.42. The topological polar surface area (TPSA) is 76.3 Å². The first kappa shape index (κ1) is 20.3. The van der Waals surface area contributed by atoms with Crippen LogP contribution in [0.3, 0.4) is 0 Å². The Morgan fingerprint density at radius 3 is 2.55 bits per heavy atom. The Bertz CT molecular complexity index is 1100. The van der Waals surface area contributed by atoms with E-state index in [9.17, 15) is 4.39 Å². The number of rotatable bonds is 4. The van der Waals surface area contributed by atoms with Crippen LogP contribution in [0.2, 0.25) is 0 Å². The highest BCUT2D eigenvalue weighted by Crippen LogP contribution is 2.37. The molecule has 0 aliphatic carbocycles. The second kappa shape index (κ2) is 8.16. The summed E-state index contributed by atoms with van der Waals surface area (Å²) >= 11 is 0. The van der Waals surface area contributed by atoms with Gasteiger partial charge < -0.3 is 19.5 Å². The van der Waals surface area contributed by atoms with Gasteiger partial charge in [-0.3, -0.25) is 0 Å². The average molecular weight is 426 g/mol. The van der Waals surface area contributed by atoms with E-state index < -0.39 is 0 Å². The van der Waals surface area contributed by atoms with E-state index in [1.54, 1.807) is 6.92 Å². The molecule has 4 heterocycles. The van der Waals surface area contributed by atoms with Crippen molar-refractivity contribution in [2.24, 2.45) is 0 Å². The Hall–Kier alpha value is -2.58. The summed E-state index contributed by atoms with van der Waals surface area (Å²) in [4.78, 5) is 11.5. The predicted molar refractivity (Wildman–Crippen MR) is 117 cm³/mol. The Kier molecular flexibility index (Phi) is 5.35. The molecule has 2 aromatic heterocycles. The van der Waals surface area contributed by atoms with E-state index in [0.29, 0.717) is 29.3 Å². The quantitative estimate of drug-likeness (QED) is 0.683. The molecule has 1 aromatic carbocycles. The van der Waals surface area contributed by atoms with Crippen molar-refractivity contribution in [1.29, 1.82) is 0 Å². The maximum Gasteiger partial charge on any atom is 0.223 e. The third-order valence-corrected chi connectivity index (χ3v) is 6.37. The summed E-state index contributed by atoms with van der Waals surface area (Å²) in [6.07, 6.45) is 3.07. The Balaban J connectivity index is 1.51. The molecule has 0 saturated carbocycles. The van der Waals surface area contributed by atoms with Crippen LogP contribution < -0.4 is 10.2 Å². The smallest absolute Gasteiger partial charge is 0.223 e. The minimum atomic E-state index is -0.298. The molecule has 1 N–H and O–H groups in total. The molecule has 8 heteroatoms. The zero-order chi connectivity index (χ0) is 21.5. The largest absolute Gasteiger partial charge is 0.380 e. The molecular formula is C23H28FN5O2. The van der Waals surface area contributed by atoms with Crippen LogP contribution in [0.1, 0.15) is 36.3 Å². The summed E-state index contributed by atoms with van der Waals surface area (Å²) < 4.78 is 25.6. The zero-order valence-corrected chi connectivity index (χ0v) is 18.2. The molecule has 0 unspecified atom stereocenters. The first-order valence-corrected chi connectivity index (χ1v) is 11.0. The molecule has 0 bridgehead atoms. The highest BCUT2D eigenvalue weighted by molar-refractivity contribution is 5.93. The van der Waals surface area contributed by atoms with Crippen molar-refractivity contribution in [3.05, 3.63) is 35.0 Å². The van der Waals surface area contributed by atoms with Crippen LogP contribution in [0, 0.1) is 26.6 Å². The van der Waals surface area contributed by atoms with Crippen LogP contribution in [0.4, 0.5) is 10.2 Å². The van der Waals surface area contributed by atoms with Gasteiger partial charge in [-0.1, -0.05) is 5.16 Å². The lowest BCUT2D eigenvalue weighted by Gasteiger charge is -2.35. The predicted octanol–water partition coefficient (Wildman–Crippen LogP) is 3.70. The van der Waals surface area contributed by atoms with Crippen molar-refractivity contribution >= 4 is 16.7 Å². The molecule has 31 heavy (non-hydrogen) atoms. The minimum absolute atomic E-state index is 0.298. The third kappa shape index (κ3) is 3.90. The molecule has 1 atom stereocenters. The van der Waals surface area contributed by atoms with Gasteiger partial charge in [0.05, 0.1) is 12.2 Å². The normalized spacial score (nSPS) is 20.1. The summed E-state index contributed by atoms with van der Waals surface area (Å²) in [5, 5.41) is 8.68. The maximum atomic E-state index is 14.8. The van der Waals surface area contributed by atoms with Crippen molar-refractivity contribution < 1.29 is 13.7 Å². The highest BCUT2D eigenvalue weighted by atomic mass is 19.1. The number of aryl methyl sites for hydroxylation is 3. The van der Waals surface area contributed by atoms with Gasteiger partial charge in [0, 0.05) is 44.1 Å². The number of hydrogen-bond donors (Lipinski definition) is 1. The SMILES string of the molecule is Cc1cc(F)c2nc(N3CCC(N[C@H]4CCOC4)CC3)c(-c3noc(C)n3)c(C)c2c1. The summed E-state index contributed by atoms with van der Waals surface area (Å²) in [7, 11) is 0. The fourth-order valence-corrected chi connectivity index (χ4v) is 4.75. The van der Waals surface area contributed by atoms with Gasteiger partial charge in [0.2, 0.25) is 11.7 Å². The van der Waals surface area contributed by atoms with E-state index in [1.165, 1.54) is 6.07 Å². The summed E-state index contributed by atoms with van der Waals surface area (Å²) in [5.74, 6) is 1.44. The number of ether oxygens (including phenoxy) is 1. The highest BCUT2D eigenvalue weighted by Gasteiger charge is 2.28. The fourth-order valence-electron chi connectivity index (χ4n) is 4.75. The van der Waals surface area contributed by atoms with Gasteiger partial charge in [0.15, 0.2) is 0 Å². The number of aromatic nitrogens is 3. The molecule has 2 aliphatic heterocycles.